The van der Waals surface area contributed by atoms with Gasteiger partial charge in [0.25, 0.3) is 16.7 Å². The number of benzene rings is 3. The first kappa shape index (κ1) is 56.8. The van der Waals surface area contributed by atoms with Gasteiger partial charge in [0, 0.05) is 49.9 Å². The summed E-state index contributed by atoms with van der Waals surface area (Å²) in [5, 5.41) is 87.1. The summed E-state index contributed by atoms with van der Waals surface area (Å²) >= 11 is 0. The molecule has 0 bridgehead atoms. The maximum atomic E-state index is 13.2. The molecule has 0 radical (unpaired) electrons. The van der Waals surface area contributed by atoms with Crippen LogP contribution in [0.4, 0.5) is 8.78 Å². The van der Waals surface area contributed by atoms with Crippen molar-refractivity contribution in [2.75, 3.05) is 19.8 Å². The van der Waals surface area contributed by atoms with Crippen molar-refractivity contribution in [2.24, 2.45) is 0 Å². The number of ether oxygens (including phenoxy) is 3. The third-order valence-corrected chi connectivity index (χ3v) is 12.9. The number of aliphatic hydroxyl groups excluding tert-OH is 9. The van der Waals surface area contributed by atoms with E-state index in [2.05, 4.69) is 0 Å². The van der Waals surface area contributed by atoms with E-state index in [1.54, 1.807) is 42.5 Å². The lowest BCUT2D eigenvalue weighted by Gasteiger charge is -2.18. The molecule has 3 fully saturated rings. The number of aryl methyl sites for hydroxylation is 2. The van der Waals surface area contributed by atoms with Crippen molar-refractivity contribution in [3.05, 3.63) is 206 Å². The Morgan fingerprint density at radius 2 is 0.789 bits per heavy atom. The van der Waals surface area contributed by atoms with Gasteiger partial charge in [0.15, 0.2) is 18.7 Å². The second-order valence-corrected chi connectivity index (χ2v) is 17.8. The van der Waals surface area contributed by atoms with Crippen LogP contribution in [0.1, 0.15) is 35.4 Å². The summed E-state index contributed by atoms with van der Waals surface area (Å²) in [6.45, 7) is -1.40. The van der Waals surface area contributed by atoms with Gasteiger partial charge in [-0.3, -0.25) is 41.8 Å². The number of hydrogen-bond acceptors (Lipinski definition) is 18. The molecule has 12 atom stereocenters. The van der Waals surface area contributed by atoms with Gasteiger partial charge in [0.2, 0.25) is 0 Å². The minimum Gasteiger partial charge on any atom is -0.394 e. The first-order chi connectivity index (χ1) is 36.4. The lowest BCUT2D eigenvalue weighted by Crippen LogP contribution is -2.43. The Morgan fingerprint density at radius 1 is 0.408 bits per heavy atom. The number of aliphatic hydroxyl groups is 9. The van der Waals surface area contributed by atoms with Crippen LogP contribution in [0.2, 0.25) is 0 Å². The summed E-state index contributed by atoms with van der Waals surface area (Å²) in [5.41, 5.74) is -1.52. The molecule has 9 rings (SSSR count). The predicted octanol–water partition coefficient (Wildman–Crippen LogP) is -3.32. The van der Waals surface area contributed by atoms with E-state index >= 15 is 0 Å². The minimum atomic E-state index is -1.43. The molecule has 408 valence electrons. The van der Waals surface area contributed by atoms with Crippen LogP contribution in [0.15, 0.2) is 144 Å². The van der Waals surface area contributed by atoms with Crippen LogP contribution in [0.3, 0.4) is 0 Å². The Bertz CT molecular complexity index is 3280. The standard InChI is InChI=1S/2C17H19FN2O6.C16H18N2O6/c18-11-3-1-10(2-4-11)5-7-19-13(22)6-8-20(17(19)25)16-15(24)14(23)12(9-21)26-16;18-11-3-1-2-10(8-11)4-6-19-13(22)5-7-20(17(19)25)16-15(24)14(23)12(9-21)26-16;19-9-11-13(21)14(22)15(24-11)17-7-6-12(20)18(16(17)23)8-10-4-2-1-3-5-10/h1-4,6,8,12,14-16,21,23-24H,5,7,9H2;1-3,5,7-8,12,14-16,21,23-24H,4,6,9H2;1-7,11,13-15,19,21-22H,8-9H2/t2*12-,14?,15+,16-;11-,13?,14+,15-/m111/s1. The molecule has 3 aromatic heterocycles. The summed E-state index contributed by atoms with van der Waals surface area (Å²) in [4.78, 5) is 74.0. The molecule has 0 amide bonds. The fourth-order valence-corrected chi connectivity index (χ4v) is 8.65. The fraction of sp³-hybridized carbons (Fsp3) is 0.400. The van der Waals surface area contributed by atoms with E-state index in [4.69, 9.17) is 29.5 Å². The molecule has 0 aliphatic carbocycles. The normalized spacial score (nSPS) is 25.9. The van der Waals surface area contributed by atoms with E-state index in [0.717, 1.165) is 50.7 Å². The summed E-state index contributed by atoms with van der Waals surface area (Å²) in [6.07, 6.45) is -10.8. The average Bonchev–Trinajstić information content (AvgIpc) is 3.99. The summed E-state index contributed by atoms with van der Waals surface area (Å²) in [6, 6.07) is 24.0. The van der Waals surface area contributed by atoms with Crippen molar-refractivity contribution in [3.63, 3.8) is 0 Å². The molecule has 3 aliphatic heterocycles. The van der Waals surface area contributed by atoms with Crippen LogP contribution < -0.4 is 33.7 Å². The van der Waals surface area contributed by atoms with Crippen LogP contribution in [-0.2, 0) is 46.7 Å². The molecule has 3 aliphatic rings. The number of halogens is 2. The van der Waals surface area contributed by atoms with E-state index in [1.165, 1.54) is 55.0 Å². The van der Waals surface area contributed by atoms with Gasteiger partial charge in [-0.1, -0.05) is 54.6 Å². The van der Waals surface area contributed by atoms with Crippen molar-refractivity contribution >= 4 is 0 Å². The fourth-order valence-electron chi connectivity index (χ4n) is 8.65. The molecule has 26 heteroatoms. The van der Waals surface area contributed by atoms with E-state index in [0.29, 0.717) is 12.0 Å². The van der Waals surface area contributed by atoms with Gasteiger partial charge < -0.3 is 60.2 Å². The maximum absolute atomic E-state index is 13.2. The van der Waals surface area contributed by atoms with Crippen molar-refractivity contribution in [1.29, 1.82) is 0 Å². The Morgan fingerprint density at radius 3 is 1.18 bits per heavy atom. The van der Waals surface area contributed by atoms with Gasteiger partial charge in [-0.05, 0) is 53.8 Å². The lowest BCUT2D eigenvalue weighted by atomic mass is 10.1. The third-order valence-electron chi connectivity index (χ3n) is 12.9. The number of hydrogen-bond donors (Lipinski definition) is 9. The summed E-state index contributed by atoms with van der Waals surface area (Å²) < 4.78 is 48.2. The molecule has 24 nitrogen and oxygen atoms in total. The molecule has 0 spiro atoms. The van der Waals surface area contributed by atoms with Crippen LogP contribution >= 0.6 is 0 Å². The maximum Gasteiger partial charge on any atom is 0.333 e. The van der Waals surface area contributed by atoms with E-state index in [-0.39, 0.29) is 31.9 Å². The molecule has 3 unspecified atom stereocenters. The second kappa shape index (κ2) is 25.3. The number of rotatable bonds is 14. The zero-order chi connectivity index (χ0) is 55.0. The Kier molecular flexibility index (Phi) is 18.9. The molecular weight excluding hydrogens is 1010 g/mol. The number of aromatic nitrogens is 6. The molecule has 3 aromatic carbocycles. The topological polar surface area (TPSA) is 342 Å². The Balaban J connectivity index is 0.000000166. The molecule has 6 aromatic rings. The summed E-state index contributed by atoms with van der Waals surface area (Å²) in [5.74, 6) is -0.788. The van der Waals surface area contributed by atoms with Crippen molar-refractivity contribution in [1.82, 2.24) is 27.4 Å². The Hall–Kier alpha value is -6.92. The van der Waals surface area contributed by atoms with Gasteiger partial charge in [0.05, 0.1) is 26.4 Å². The van der Waals surface area contributed by atoms with Crippen molar-refractivity contribution in [2.45, 2.75) is 106 Å². The van der Waals surface area contributed by atoms with Crippen LogP contribution in [0.5, 0.6) is 0 Å². The molecule has 6 heterocycles. The van der Waals surface area contributed by atoms with E-state index in [9.17, 15) is 68.2 Å². The zero-order valence-corrected chi connectivity index (χ0v) is 40.2. The third kappa shape index (κ3) is 12.7. The highest BCUT2D eigenvalue weighted by Crippen LogP contribution is 2.30. The monoisotopic (exact) mass is 1070 g/mol. The Labute approximate surface area is 427 Å². The molecule has 3 saturated heterocycles. The van der Waals surface area contributed by atoms with Gasteiger partial charge >= 0.3 is 17.1 Å². The minimum absolute atomic E-state index is 0.0107. The molecule has 9 N–H and O–H groups in total. The highest BCUT2D eigenvalue weighted by atomic mass is 19.1. The van der Waals surface area contributed by atoms with Crippen LogP contribution in [0, 0.1) is 11.6 Å². The van der Waals surface area contributed by atoms with Crippen LogP contribution in [0.25, 0.3) is 0 Å². The average molecular weight is 1070 g/mol. The zero-order valence-electron chi connectivity index (χ0n) is 40.2. The van der Waals surface area contributed by atoms with Gasteiger partial charge in [0.1, 0.15) is 66.6 Å². The van der Waals surface area contributed by atoms with E-state index in [1.807, 2.05) is 6.07 Å². The van der Waals surface area contributed by atoms with Gasteiger partial charge in [-0.15, -0.1) is 0 Å². The molecule has 76 heavy (non-hydrogen) atoms. The smallest absolute Gasteiger partial charge is 0.333 e. The van der Waals surface area contributed by atoms with Crippen molar-refractivity contribution in [3.8, 4) is 0 Å². The first-order valence-electron chi connectivity index (χ1n) is 23.7. The second-order valence-electron chi connectivity index (χ2n) is 17.8. The first-order valence-corrected chi connectivity index (χ1v) is 23.7. The van der Waals surface area contributed by atoms with Gasteiger partial charge in [-0.2, -0.15) is 0 Å². The quantitative estimate of drug-likeness (QED) is 0.0515. The number of nitrogens with zero attached hydrogens (tertiary/aromatic N) is 6. The highest BCUT2D eigenvalue weighted by molar-refractivity contribution is 5.18. The van der Waals surface area contributed by atoms with Crippen LogP contribution in [-0.4, -0.2) is 148 Å². The SMILES string of the molecule is O=c1ccn([C@@H]2O[C@H](CO)C(O)[C@@H]2O)c(=O)n1CCc1ccc(F)cc1.O=c1ccn([C@@H]2O[C@H](CO)C(O)[C@@H]2O)c(=O)n1CCc1cccc(F)c1.O=c1ccn([C@@H]2O[C@H](CO)C(O)[C@@H]2O)c(=O)n1Cc1ccccc1. The van der Waals surface area contributed by atoms with Crippen molar-refractivity contribution < 1.29 is 69.0 Å². The molecular formula is C50H56F2N6O18. The lowest BCUT2D eigenvalue weighted by molar-refractivity contribution is -0.0556. The molecule has 0 saturated carbocycles. The highest BCUT2D eigenvalue weighted by Gasteiger charge is 2.46. The summed E-state index contributed by atoms with van der Waals surface area (Å²) in [7, 11) is 0. The predicted molar refractivity (Wildman–Crippen MR) is 260 cm³/mol. The van der Waals surface area contributed by atoms with Gasteiger partial charge in [-0.25, -0.2) is 23.2 Å². The van der Waals surface area contributed by atoms with E-state index < -0.39 is 133 Å². The largest absolute Gasteiger partial charge is 0.394 e.